The fraction of sp³-hybridized carbons (Fsp3) is 0.273. The summed E-state index contributed by atoms with van der Waals surface area (Å²) >= 11 is 0. The van der Waals surface area contributed by atoms with E-state index < -0.39 is 0 Å². The molecule has 2 aromatic heterocycles. The number of amides is 1. The van der Waals surface area contributed by atoms with Crippen LogP contribution in [0.1, 0.15) is 18.2 Å². The van der Waals surface area contributed by atoms with Crippen LogP contribution in [0.2, 0.25) is 0 Å². The SMILES string of the molecule is CCc1nc2ccc(C)cn2c1NC=O. The lowest BCUT2D eigenvalue weighted by Gasteiger charge is -2.01. The van der Waals surface area contributed by atoms with E-state index in [1.54, 1.807) is 0 Å². The standard InChI is InChI=1S/C11H13N3O/c1-3-9-11(12-7-15)14-6-8(2)4-5-10(14)13-9/h4-7H,3H2,1-2H3,(H,12,15). The van der Waals surface area contributed by atoms with Crippen LogP contribution in [0.5, 0.6) is 0 Å². The molecular weight excluding hydrogens is 190 g/mol. The summed E-state index contributed by atoms with van der Waals surface area (Å²) in [5.74, 6) is 0.770. The van der Waals surface area contributed by atoms with Crippen LogP contribution in [0.25, 0.3) is 5.65 Å². The molecule has 0 spiro atoms. The molecule has 4 nitrogen and oxygen atoms in total. The van der Waals surface area contributed by atoms with Gasteiger partial charge in [-0.1, -0.05) is 13.0 Å². The van der Waals surface area contributed by atoms with Gasteiger partial charge in [-0.2, -0.15) is 0 Å². The van der Waals surface area contributed by atoms with Gasteiger partial charge in [-0.05, 0) is 25.0 Å². The van der Waals surface area contributed by atoms with Crippen LogP contribution in [0.15, 0.2) is 18.3 Å². The monoisotopic (exact) mass is 203 g/mol. The predicted molar refractivity (Wildman–Crippen MR) is 59.0 cm³/mol. The van der Waals surface area contributed by atoms with Crippen molar-refractivity contribution in [3.05, 3.63) is 29.6 Å². The van der Waals surface area contributed by atoms with Gasteiger partial charge < -0.3 is 5.32 Å². The van der Waals surface area contributed by atoms with Crippen LogP contribution in [-0.4, -0.2) is 15.8 Å². The third kappa shape index (κ3) is 1.58. The van der Waals surface area contributed by atoms with Gasteiger partial charge in [0, 0.05) is 6.20 Å². The van der Waals surface area contributed by atoms with Crippen molar-refractivity contribution < 1.29 is 4.79 Å². The van der Waals surface area contributed by atoms with Gasteiger partial charge in [0.2, 0.25) is 6.41 Å². The van der Waals surface area contributed by atoms with E-state index in [9.17, 15) is 4.79 Å². The van der Waals surface area contributed by atoms with E-state index in [0.717, 1.165) is 29.1 Å². The number of fused-ring (bicyclic) bond motifs is 1. The van der Waals surface area contributed by atoms with Crippen molar-refractivity contribution in [2.75, 3.05) is 5.32 Å². The zero-order valence-electron chi connectivity index (χ0n) is 8.82. The van der Waals surface area contributed by atoms with E-state index in [0.29, 0.717) is 6.41 Å². The maximum Gasteiger partial charge on any atom is 0.212 e. The number of rotatable bonds is 3. The number of carbonyl (C=O) groups is 1. The van der Waals surface area contributed by atoms with Crippen LogP contribution < -0.4 is 5.32 Å². The molecule has 4 heteroatoms. The summed E-state index contributed by atoms with van der Waals surface area (Å²) in [6.07, 6.45) is 3.45. The summed E-state index contributed by atoms with van der Waals surface area (Å²) in [5, 5.41) is 2.70. The van der Waals surface area contributed by atoms with Crippen LogP contribution in [-0.2, 0) is 11.2 Å². The minimum Gasteiger partial charge on any atom is -0.313 e. The topological polar surface area (TPSA) is 46.4 Å². The maximum atomic E-state index is 10.5. The molecule has 0 unspecified atom stereocenters. The smallest absolute Gasteiger partial charge is 0.212 e. The summed E-state index contributed by atoms with van der Waals surface area (Å²) in [5.41, 5.74) is 2.91. The molecule has 0 bridgehead atoms. The van der Waals surface area contributed by atoms with Crippen LogP contribution in [0, 0.1) is 6.92 Å². The van der Waals surface area contributed by atoms with Gasteiger partial charge in [0.25, 0.3) is 0 Å². The minimum atomic E-state index is 0.685. The highest BCUT2D eigenvalue weighted by Crippen LogP contribution is 2.18. The van der Waals surface area contributed by atoms with Crippen molar-refractivity contribution in [3.8, 4) is 0 Å². The lowest BCUT2D eigenvalue weighted by atomic mass is 10.3. The first-order valence-electron chi connectivity index (χ1n) is 4.94. The molecule has 0 aliphatic rings. The summed E-state index contributed by atoms with van der Waals surface area (Å²) in [4.78, 5) is 14.9. The number of hydrogen-bond acceptors (Lipinski definition) is 2. The number of aryl methyl sites for hydroxylation is 2. The van der Waals surface area contributed by atoms with E-state index in [1.165, 1.54) is 0 Å². The van der Waals surface area contributed by atoms with Crippen molar-refractivity contribution in [2.24, 2.45) is 0 Å². The normalized spacial score (nSPS) is 10.5. The summed E-state index contributed by atoms with van der Waals surface area (Å²) in [6.45, 7) is 4.03. The maximum absolute atomic E-state index is 10.5. The zero-order chi connectivity index (χ0) is 10.8. The molecule has 0 aliphatic carbocycles. The number of imidazole rings is 1. The molecule has 0 atom stereocenters. The lowest BCUT2D eigenvalue weighted by Crippen LogP contribution is -2.00. The van der Waals surface area contributed by atoms with Crippen LogP contribution >= 0.6 is 0 Å². The van der Waals surface area contributed by atoms with E-state index >= 15 is 0 Å². The van der Waals surface area contributed by atoms with Gasteiger partial charge in [-0.15, -0.1) is 0 Å². The third-order valence-electron chi connectivity index (χ3n) is 2.37. The van der Waals surface area contributed by atoms with E-state index in [4.69, 9.17) is 0 Å². The first kappa shape index (κ1) is 9.71. The van der Waals surface area contributed by atoms with E-state index in [1.807, 2.05) is 36.6 Å². The van der Waals surface area contributed by atoms with Gasteiger partial charge in [-0.3, -0.25) is 9.20 Å². The first-order valence-corrected chi connectivity index (χ1v) is 4.94. The molecule has 78 valence electrons. The van der Waals surface area contributed by atoms with Crippen LogP contribution in [0.4, 0.5) is 5.82 Å². The Balaban J connectivity index is 2.70. The van der Waals surface area contributed by atoms with E-state index in [-0.39, 0.29) is 0 Å². The molecule has 2 heterocycles. The van der Waals surface area contributed by atoms with Crippen molar-refractivity contribution >= 4 is 17.9 Å². The Hall–Kier alpha value is -1.84. The molecule has 0 aliphatic heterocycles. The number of anilines is 1. The largest absolute Gasteiger partial charge is 0.313 e. The number of hydrogen-bond donors (Lipinski definition) is 1. The van der Waals surface area contributed by atoms with Crippen molar-refractivity contribution in [2.45, 2.75) is 20.3 Å². The Morgan fingerprint density at radius 3 is 3.00 bits per heavy atom. The van der Waals surface area contributed by atoms with Gasteiger partial charge in [0.05, 0.1) is 5.69 Å². The second-order valence-electron chi connectivity index (χ2n) is 3.46. The summed E-state index contributed by atoms with van der Waals surface area (Å²) < 4.78 is 1.91. The van der Waals surface area contributed by atoms with Gasteiger partial charge in [0.15, 0.2) is 0 Å². The molecular formula is C11H13N3O. The van der Waals surface area contributed by atoms with Crippen molar-refractivity contribution in [3.63, 3.8) is 0 Å². The zero-order valence-corrected chi connectivity index (χ0v) is 8.82. The Morgan fingerprint density at radius 2 is 2.33 bits per heavy atom. The number of nitrogens with zero attached hydrogens (tertiary/aromatic N) is 2. The van der Waals surface area contributed by atoms with Crippen molar-refractivity contribution in [1.29, 1.82) is 0 Å². The average Bonchev–Trinajstić information content (AvgIpc) is 2.57. The lowest BCUT2D eigenvalue weighted by molar-refractivity contribution is -0.105. The fourth-order valence-electron chi connectivity index (χ4n) is 1.65. The Labute approximate surface area is 87.9 Å². The quantitative estimate of drug-likeness (QED) is 0.773. The summed E-state index contributed by atoms with van der Waals surface area (Å²) in [6, 6.07) is 3.96. The minimum absolute atomic E-state index is 0.685. The molecule has 0 aromatic carbocycles. The Bertz CT molecular complexity index is 502. The van der Waals surface area contributed by atoms with E-state index in [2.05, 4.69) is 10.3 Å². The molecule has 2 aromatic rings. The highest BCUT2D eigenvalue weighted by molar-refractivity contribution is 5.73. The van der Waals surface area contributed by atoms with Gasteiger partial charge >= 0.3 is 0 Å². The highest BCUT2D eigenvalue weighted by Gasteiger charge is 2.09. The first-order chi connectivity index (χ1) is 7.26. The Kier molecular flexibility index (Phi) is 2.41. The second-order valence-corrected chi connectivity index (χ2v) is 3.46. The number of aromatic nitrogens is 2. The number of nitrogens with one attached hydrogen (secondary N) is 1. The molecule has 0 fully saturated rings. The fourth-order valence-corrected chi connectivity index (χ4v) is 1.65. The second kappa shape index (κ2) is 3.73. The van der Waals surface area contributed by atoms with Crippen LogP contribution in [0.3, 0.4) is 0 Å². The molecule has 1 N–H and O–H groups in total. The van der Waals surface area contributed by atoms with Crippen molar-refractivity contribution in [1.82, 2.24) is 9.38 Å². The highest BCUT2D eigenvalue weighted by atomic mass is 16.1. The number of pyridine rings is 1. The predicted octanol–water partition coefficient (Wildman–Crippen LogP) is 1.77. The molecule has 0 radical (unpaired) electrons. The number of carbonyl (C=O) groups excluding carboxylic acids is 1. The molecule has 15 heavy (non-hydrogen) atoms. The summed E-state index contributed by atoms with van der Waals surface area (Å²) in [7, 11) is 0. The molecule has 1 amide bonds. The third-order valence-corrected chi connectivity index (χ3v) is 2.37. The van der Waals surface area contributed by atoms with Gasteiger partial charge in [0.1, 0.15) is 11.5 Å². The molecule has 0 saturated heterocycles. The van der Waals surface area contributed by atoms with Gasteiger partial charge in [-0.25, -0.2) is 4.98 Å². The Morgan fingerprint density at radius 1 is 1.53 bits per heavy atom. The average molecular weight is 203 g/mol. The molecule has 2 rings (SSSR count). The molecule has 0 saturated carbocycles.